The van der Waals surface area contributed by atoms with Crippen LogP contribution in [0.3, 0.4) is 0 Å². The predicted octanol–water partition coefficient (Wildman–Crippen LogP) is 2.38. The molecule has 14 heavy (non-hydrogen) atoms. The lowest BCUT2D eigenvalue weighted by Gasteiger charge is -2.27. The molecule has 1 aromatic rings. The summed E-state index contributed by atoms with van der Waals surface area (Å²) in [4.78, 5) is 4.30. The van der Waals surface area contributed by atoms with E-state index in [0.29, 0.717) is 0 Å². The number of thiazole rings is 1. The van der Waals surface area contributed by atoms with Crippen LogP contribution in [-0.4, -0.2) is 11.0 Å². The fourth-order valence-corrected chi connectivity index (χ4v) is 2.02. The third-order valence-electron chi connectivity index (χ3n) is 2.11. The van der Waals surface area contributed by atoms with Gasteiger partial charge in [-0.1, -0.05) is 12.8 Å². The van der Waals surface area contributed by atoms with E-state index in [1.54, 1.807) is 11.3 Å². The van der Waals surface area contributed by atoms with Crippen LogP contribution in [0.2, 0.25) is 0 Å². The highest BCUT2D eigenvalue weighted by Gasteiger charge is 2.24. The van der Waals surface area contributed by atoms with Gasteiger partial charge in [0.15, 0.2) is 0 Å². The SMILES string of the molecule is C#CC(CC)NC(C)(C)c1nccs1. The minimum absolute atomic E-state index is 0.119. The summed E-state index contributed by atoms with van der Waals surface area (Å²) in [6.07, 6.45) is 8.17. The Labute approximate surface area is 89.8 Å². The summed E-state index contributed by atoms with van der Waals surface area (Å²) >= 11 is 1.65. The quantitative estimate of drug-likeness (QED) is 0.768. The minimum atomic E-state index is -0.138. The van der Waals surface area contributed by atoms with Crippen LogP contribution in [0.15, 0.2) is 11.6 Å². The van der Waals surface area contributed by atoms with Gasteiger partial charge in [-0.3, -0.25) is 5.32 Å². The lowest BCUT2D eigenvalue weighted by Crippen LogP contribution is -2.42. The van der Waals surface area contributed by atoms with E-state index in [2.05, 4.69) is 37.0 Å². The monoisotopic (exact) mass is 208 g/mol. The first-order valence-electron chi connectivity index (χ1n) is 4.74. The second-order valence-corrected chi connectivity index (χ2v) is 4.63. The summed E-state index contributed by atoms with van der Waals surface area (Å²) in [6, 6.07) is 0.119. The number of rotatable bonds is 4. The fraction of sp³-hybridized carbons (Fsp3) is 0.545. The van der Waals surface area contributed by atoms with Crippen molar-refractivity contribution in [2.75, 3.05) is 0 Å². The van der Waals surface area contributed by atoms with Crippen molar-refractivity contribution in [2.24, 2.45) is 0 Å². The van der Waals surface area contributed by atoms with Gasteiger partial charge in [-0.25, -0.2) is 4.98 Å². The second kappa shape index (κ2) is 4.59. The molecule has 0 fully saturated rings. The average Bonchev–Trinajstić information content (AvgIpc) is 2.67. The van der Waals surface area contributed by atoms with Crippen molar-refractivity contribution >= 4 is 11.3 Å². The van der Waals surface area contributed by atoms with Crippen LogP contribution in [0, 0.1) is 12.3 Å². The first-order valence-corrected chi connectivity index (χ1v) is 5.62. The largest absolute Gasteiger partial charge is 0.292 e. The molecule has 0 aliphatic rings. The molecular weight excluding hydrogens is 192 g/mol. The summed E-state index contributed by atoms with van der Waals surface area (Å²) < 4.78 is 0. The molecule has 0 saturated heterocycles. The fourth-order valence-electron chi connectivity index (χ4n) is 1.29. The van der Waals surface area contributed by atoms with E-state index in [9.17, 15) is 0 Å². The van der Waals surface area contributed by atoms with Crippen LogP contribution in [0.1, 0.15) is 32.2 Å². The zero-order valence-corrected chi connectivity index (χ0v) is 9.69. The molecule has 0 spiro atoms. The van der Waals surface area contributed by atoms with Crippen molar-refractivity contribution in [1.82, 2.24) is 10.3 Å². The van der Waals surface area contributed by atoms with E-state index in [4.69, 9.17) is 6.42 Å². The van der Waals surface area contributed by atoms with Crippen molar-refractivity contribution < 1.29 is 0 Å². The van der Waals surface area contributed by atoms with Crippen LogP contribution in [0.5, 0.6) is 0 Å². The third-order valence-corrected chi connectivity index (χ3v) is 3.21. The Morgan fingerprint density at radius 1 is 1.71 bits per heavy atom. The van der Waals surface area contributed by atoms with Crippen LogP contribution in [-0.2, 0) is 5.54 Å². The summed E-state index contributed by atoms with van der Waals surface area (Å²) in [5.41, 5.74) is -0.138. The van der Waals surface area contributed by atoms with Gasteiger partial charge in [0, 0.05) is 11.6 Å². The third kappa shape index (κ3) is 2.57. The predicted molar refractivity (Wildman–Crippen MR) is 61.2 cm³/mol. The summed E-state index contributed by atoms with van der Waals surface area (Å²) in [5, 5.41) is 6.46. The number of nitrogens with zero attached hydrogens (tertiary/aromatic N) is 1. The number of hydrogen-bond acceptors (Lipinski definition) is 3. The number of terminal acetylenes is 1. The van der Waals surface area contributed by atoms with Crippen LogP contribution in [0.4, 0.5) is 0 Å². The molecule has 0 saturated carbocycles. The van der Waals surface area contributed by atoms with Gasteiger partial charge in [0.2, 0.25) is 0 Å². The van der Waals surface area contributed by atoms with Crippen molar-refractivity contribution in [3.63, 3.8) is 0 Å². The number of nitrogens with one attached hydrogen (secondary N) is 1. The topological polar surface area (TPSA) is 24.9 Å². The van der Waals surface area contributed by atoms with Crippen molar-refractivity contribution in [1.29, 1.82) is 0 Å². The summed E-state index contributed by atoms with van der Waals surface area (Å²) in [7, 11) is 0. The van der Waals surface area contributed by atoms with E-state index >= 15 is 0 Å². The van der Waals surface area contributed by atoms with Gasteiger partial charge in [-0.2, -0.15) is 0 Å². The Hall–Kier alpha value is -0.850. The maximum atomic E-state index is 5.41. The van der Waals surface area contributed by atoms with Crippen LogP contribution in [0.25, 0.3) is 0 Å². The molecule has 1 rings (SSSR count). The zero-order chi connectivity index (χ0) is 10.6. The second-order valence-electron chi connectivity index (χ2n) is 3.73. The van der Waals surface area contributed by atoms with Crippen LogP contribution < -0.4 is 5.32 Å². The molecule has 1 atom stereocenters. The zero-order valence-electron chi connectivity index (χ0n) is 8.87. The highest BCUT2D eigenvalue weighted by Crippen LogP contribution is 2.22. The standard InChI is InChI=1S/C11H16N2S/c1-5-9(6-2)13-11(3,4)10-12-7-8-14-10/h1,7-9,13H,6H2,2-4H3. The van der Waals surface area contributed by atoms with Crippen molar-refractivity contribution in [3.05, 3.63) is 16.6 Å². The van der Waals surface area contributed by atoms with Gasteiger partial charge in [0.25, 0.3) is 0 Å². The Bertz CT molecular complexity index is 309. The molecule has 0 aliphatic heterocycles. The number of aromatic nitrogens is 1. The van der Waals surface area contributed by atoms with Gasteiger partial charge >= 0.3 is 0 Å². The smallest absolute Gasteiger partial charge is 0.112 e. The van der Waals surface area contributed by atoms with E-state index in [-0.39, 0.29) is 11.6 Å². The molecule has 1 heterocycles. The molecule has 1 unspecified atom stereocenters. The Kier molecular flexibility index (Phi) is 3.68. The molecule has 0 bridgehead atoms. The highest BCUT2D eigenvalue weighted by atomic mass is 32.1. The molecule has 1 N–H and O–H groups in total. The molecule has 0 amide bonds. The van der Waals surface area contributed by atoms with E-state index < -0.39 is 0 Å². The van der Waals surface area contributed by atoms with E-state index in [0.717, 1.165) is 11.4 Å². The molecule has 76 valence electrons. The molecule has 0 aromatic carbocycles. The van der Waals surface area contributed by atoms with Crippen LogP contribution >= 0.6 is 11.3 Å². The molecule has 3 heteroatoms. The summed E-state index contributed by atoms with van der Waals surface area (Å²) in [6.45, 7) is 6.28. The Morgan fingerprint density at radius 2 is 2.43 bits per heavy atom. The van der Waals surface area contributed by atoms with Crippen molar-refractivity contribution in [2.45, 2.75) is 38.8 Å². The van der Waals surface area contributed by atoms with Gasteiger partial charge in [0.1, 0.15) is 5.01 Å². The minimum Gasteiger partial charge on any atom is -0.292 e. The first kappa shape index (κ1) is 11.2. The van der Waals surface area contributed by atoms with Gasteiger partial charge < -0.3 is 0 Å². The van der Waals surface area contributed by atoms with Gasteiger partial charge in [-0.15, -0.1) is 17.8 Å². The molecular formula is C11H16N2S. The molecule has 2 nitrogen and oxygen atoms in total. The Morgan fingerprint density at radius 3 is 2.86 bits per heavy atom. The lowest BCUT2D eigenvalue weighted by atomic mass is 10.0. The molecule has 1 aromatic heterocycles. The van der Waals surface area contributed by atoms with Gasteiger partial charge in [0.05, 0.1) is 11.6 Å². The van der Waals surface area contributed by atoms with Crippen molar-refractivity contribution in [3.8, 4) is 12.3 Å². The lowest BCUT2D eigenvalue weighted by molar-refractivity contribution is 0.370. The average molecular weight is 208 g/mol. The highest BCUT2D eigenvalue weighted by molar-refractivity contribution is 7.09. The number of hydrogen-bond donors (Lipinski definition) is 1. The van der Waals surface area contributed by atoms with Gasteiger partial charge in [-0.05, 0) is 20.3 Å². The van der Waals surface area contributed by atoms with E-state index in [1.807, 2.05) is 11.6 Å². The first-order chi connectivity index (χ1) is 6.60. The molecule has 0 radical (unpaired) electrons. The maximum absolute atomic E-state index is 5.41. The van der Waals surface area contributed by atoms with E-state index in [1.165, 1.54) is 0 Å². The normalized spacial score (nSPS) is 13.6. The Balaban J connectivity index is 2.72. The maximum Gasteiger partial charge on any atom is 0.112 e. The summed E-state index contributed by atoms with van der Waals surface area (Å²) in [5.74, 6) is 2.74. The molecule has 0 aliphatic carbocycles.